The van der Waals surface area contributed by atoms with Crippen LogP contribution >= 0.6 is 23.1 Å². The molecule has 0 spiro atoms. The number of carbonyl (C=O) groups is 1. The van der Waals surface area contributed by atoms with Crippen LogP contribution in [0, 0.1) is 13.8 Å². The summed E-state index contributed by atoms with van der Waals surface area (Å²) in [6.07, 6.45) is 3.83. The maximum Gasteiger partial charge on any atom is 0.238 e. The van der Waals surface area contributed by atoms with Crippen molar-refractivity contribution in [3.63, 3.8) is 0 Å². The standard InChI is InChI=1S/C20H27N3O3S3/c1-14-19(28-16(3)21-14)15(2)22-20(24)18(10-12-27-4)23-29(25,26)13-11-17-8-6-5-7-9-17/h5-9,11,13,15,18,23H,10,12H2,1-4H3,(H,22,24)/b13-11-/t15-,18+/m1/s1. The van der Waals surface area contributed by atoms with Gasteiger partial charge in [-0.15, -0.1) is 11.3 Å². The van der Waals surface area contributed by atoms with Gasteiger partial charge in [0.1, 0.15) is 6.04 Å². The van der Waals surface area contributed by atoms with Gasteiger partial charge in [-0.25, -0.2) is 13.4 Å². The highest BCUT2D eigenvalue weighted by molar-refractivity contribution is 7.98. The largest absolute Gasteiger partial charge is 0.347 e. The van der Waals surface area contributed by atoms with Crippen molar-refractivity contribution in [1.82, 2.24) is 15.0 Å². The number of hydrogen-bond acceptors (Lipinski definition) is 6. The van der Waals surface area contributed by atoms with Gasteiger partial charge in [0.2, 0.25) is 15.9 Å². The molecule has 0 saturated heterocycles. The van der Waals surface area contributed by atoms with Gasteiger partial charge < -0.3 is 5.32 Å². The van der Waals surface area contributed by atoms with Crippen molar-refractivity contribution in [1.29, 1.82) is 0 Å². The summed E-state index contributed by atoms with van der Waals surface area (Å²) in [5.74, 6) is 0.324. The molecule has 0 fully saturated rings. The Morgan fingerprint density at radius 3 is 2.55 bits per heavy atom. The van der Waals surface area contributed by atoms with E-state index in [0.29, 0.717) is 12.2 Å². The zero-order chi connectivity index (χ0) is 21.4. The minimum absolute atomic E-state index is 0.241. The summed E-state index contributed by atoms with van der Waals surface area (Å²) in [6.45, 7) is 5.71. The highest BCUT2D eigenvalue weighted by Gasteiger charge is 2.25. The van der Waals surface area contributed by atoms with E-state index >= 15 is 0 Å². The van der Waals surface area contributed by atoms with Gasteiger partial charge in [-0.1, -0.05) is 30.3 Å². The van der Waals surface area contributed by atoms with Gasteiger partial charge in [-0.05, 0) is 50.8 Å². The predicted octanol–water partition coefficient (Wildman–Crippen LogP) is 3.65. The van der Waals surface area contributed by atoms with E-state index < -0.39 is 16.1 Å². The first-order chi connectivity index (χ1) is 13.7. The fourth-order valence-corrected chi connectivity index (χ4v) is 5.22. The summed E-state index contributed by atoms with van der Waals surface area (Å²) in [5.41, 5.74) is 1.65. The number of nitrogens with one attached hydrogen (secondary N) is 2. The third kappa shape index (κ3) is 7.58. The Labute approximate surface area is 181 Å². The number of benzene rings is 1. The molecule has 158 valence electrons. The van der Waals surface area contributed by atoms with Crippen molar-refractivity contribution in [3.05, 3.63) is 56.9 Å². The Hall–Kier alpha value is -1.68. The molecule has 6 nitrogen and oxygen atoms in total. The molecule has 0 bridgehead atoms. The van der Waals surface area contributed by atoms with Crippen molar-refractivity contribution in [2.24, 2.45) is 0 Å². The number of amides is 1. The van der Waals surface area contributed by atoms with E-state index in [1.807, 2.05) is 57.4 Å². The molecule has 1 aromatic carbocycles. The molecule has 1 aromatic heterocycles. The number of aromatic nitrogens is 1. The topological polar surface area (TPSA) is 88.2 Å². The minimum Gasteiger partial charge on any atom is -0.347 e. The van der Waals surface area contributed by atoms with Crippen molar-refractivity contribution >= 4 is 45.1 Å². The number of thioether (sulfide) groups is 1. The summed E-state index contributed by atoms with van der Waals surface area (Å²) in [4.78, 5) is 18.2. The van der Waals surface area contributed by atoms with Crippen LogP contribution in [0.4, 0.5) is 0 Å². The fourth-order valence-electron chi connectivity index (χ4n) is 2.78. The van der Waals surface area contributed by atoms with E-state index in [1.165, 1.54) is 17.4 Å². The Morgan fingerprint density at radius 1 is 1.28 bits per heavy atom. The maximum absolute atomic E-state index is 12.8. The van der Waals surface area contributed by atoms with Crippen molar-refractivity contribution in [3.8, 4) is 0 Å². The summed E-state index contributed by atoms with van der Waals surface area (Å²) >= 11 is 3.10. The third-order valence-electron chi connectivity index (χ3n) is 4.16. The molecular weight excluding hydrogens is 426 g/mol. The van der Waals surface area contributed by atoms with Crippen LogP contribution in [0.2, 0.25) is 0 Å². The summed E-state index contributed by atoms with van der Waals surface area (Å²) in [7, 11) is -3.77. The van der Waals surface area contributed by atoms with Crippen LogP contribution in [-0.4, -0.2) is 37.4 Å². The normalized spacial score (nSPS) is 14.1. The molecule has 1 amide bonds. The number of carbonyl (C=O) groups excluding carboxylic acids is 1. The van der Waals surface area contributed by atoms with Gasteiger partial charge in [0.15, 0.2) is 0 Å². The van der Waals surface area contributed by atoms with Crippen molar-refractivity contribution < 1.29 is 13.2 Å². The highest BCUT2D eigenvalue weighted by atomic mass is 32.2. The molecule has 0 aliphatic heterocycles. The van der Waals surface area contributed by atoms with Gasteiger partial charge in [0.25, 0.3) is 0 Å². The second-order valence-corrected chi connectivity index (χ2v) is 10.4. The average molecular weight is 454 g/mol. The molecule has 29 heavy (non-hydrogen) atoms. The van der Waals surface area contributed by atoms with E-state index in [9.17, 15) is 13.2 Å². The molecule has 1 heterocycles. The number of thiazole rings is 1. The molecule has 9 heteroatoms. The molecule has 0 radical (unpaired) electrons. The number of hydrogen-bond donors (Lipinski definition) is 2. The van der Waals surface area contributed by atoms with Crippen LogP contribution in [-0.2, 0) is 14.8 Å². The monoisotopic (exact) mass is 453 g/mol. The molecule has 0 aliphatic carbocycles. The Morgan fingerprint density at radius 2 is 1.97 bits per heavy atom. The number of sulfonamides is 1. The van der Waals surface area contributed by atoms with E-state index in [0.717, 1.165) is 26.6 Å². The zero-order valence-corrected chi connectivity index (χ0v) is 19.5. The maximum atomic E-state index is 12.8. The number of rotatable bonds is 10. The highest BCUT2D eigenvalue weighted by Crippen LogP contribution is 2.24. The molecule has 2 N–H and O–H groups in total. The third-order valence-corrected chi connectivity index (χ3v) is 7.17. The van der Waals surface area contributed by atoms with Gasteiger partial charge in [0, 0.05) is 10.3 Å². The molecule has 0 saturated carbocycles. The molecule has 2 atom stereocenters. The minimum atomic E-state index is -3.77. The Kier molecular flexibility index (Phi) is 8.88. The van der Waals surface area contributed by atoms with Crippen LogP contribution in [0.15, 0.2) is 35.7 Å². The second kappa shape index (κ2) is 10.9. The molecule has 2 aromatic rings. The van der Waals surface area contributed by atoms with Crippen LogP contribution in [0.25, 0.3) is 6.08 Å². The van der Waals surface area contributed by atoms with Gasteiger partial charge in [-0.2, -0.15) is 16.5 Å². The SMILES string of the molecule is CSCC[C@H](NS(=O)(=O)/C=C\c1ccccc1)C(=O)N[C@H](C)c1sc(C)nc1C. The van der Waals surface area contributed by atoms with E-state index in [-0.39, 0.29) is 11.9 Å². The fraction of sp³-hybridized carbons (Fsp3) is 0.400. The number of aryl methyl sites for hydroxylation is 2. The quantitative estimate of drug-likeness (QED) is 0.573. The lowest BCUT2D eigenvalue weighted by molar-refractivity contribution is -0.123. The van der Waals surface area contributed by atoms with Crippen molar-refractivity contribution in [2.45, 2.75) is 39.3 Å². The van der Waals surface area contributed by atoms with Crippen LogP contribution in [0.1, 0.15) is 40.5 Å². The zero-order valence-electron chi connectivity index (χ0n) is 17.0. The summed E-state index contributed by atoms with van der Waals surface area (Å²) < 4.78 is 27.5. The first-order valence-corrected chi connectivity index (χ1v) is 13.0. The first kappa shape index (κ1) is 23.6. The average Bonchev–Trinajstić information content (AvgIpc) is 3.02. The molecule has 0 aliphatic rings. The smallest absolute Gasteiger partial charge is 0.238 e. The predicted molar refractivity (Wildman–Crippen MR) is 122 cm³/mol. The van der Waals surface area contributed by atoms with E-state index in [1.54, 1.807) is 11.8 Å². The number of nitrogens with zero attached hydrogens (tertiary/aromatic N) is 1. The molecule has 0 unspecified atom stereocenters. The summed E-state index contributed by atoms with van der Waals surface area (Å²) in [6, 6.07) is 8.06. The summed E-state index contributed by atoms with van der Waals surface area (Å²) in [5, 5.41) is 4.96. The van der Waals surface area contributed by atoms with Gasteiger partial charge in [-0.3, -0.25) is 4.79 Å². The first-order valence-electron chi connectivity index (χ1n) is 9.20. The van der Waals surface area contributed by atoms with E-state index in [2.05, 4.69) is 15.0 Å². The van der Waals surface area contributed by atoms with Crippen LogP contribution in [0.5, 0.6) is 0 Å². The molecule has 2 rings (SSSR count). The molecular formula is C20H27N3O3S3. The Bertz CT molecular complexity index is 940. The van der Waals surface area contributed by atoms with Crippen LogP contribution < -0.4 is 10.0 Å². The van der Waals surface area contributed by atoms with Crippen LogP contribution in [0.3, 0.4) is 0 Å². The van der Waals surface area contributed by atoms with Crippen molar-refractivity contribution in [2.75, 3.05) is 12.0 Å². The van der Waals surface area contributed by atoms with Gasteiger partial charge >= 0.3 is 0 Å². The Balaban J connectivity index is 2.09. The second-order valence-electron chi connectivity index (χ2n) is 6.62. The lowest BCUT2D eigenvalue weighted by Crippen LogP contribution is -2.47. The van der Waals surface area contributed by atoms with Gasteiger partial charge in [0.05, 0.1) is 16.7 Å². The lowest BCUT2D eigenvalue weighted by Gasteiger charge is -2.20. The van der Waals surface area contributed by atoms with E-state index in [4.69, 9.17) is 0 Å². The lowest BCUT2D eigenvalue weighted by atomic mass is 10.2.